The fourth-order valence-electron chi connectivity index (χ4n) is 0.0304. The Hall–Kier alpha value is -0.550. The molecule has 0 unspecified atom stereocenters. The van der Waals surface area contributed by atoms with Crippen molar-refractivity contribution in [2.75, 3.05) is 0 Å². The number of hydrogen-bond donors (Lipinski definition) is 0. The van der Waals surface area contributed by atoms with E-state index in [2.05, 4.69) is 17.5 Å². The summed E-state index contributed by atoms with van der Waals surface area (Å²) in [6.45, 7) is 6.52. The highest BCUT2D eigenvalue weighted by molar-refractivity contribution is 7.62. The van der Waals surface area contributed by atoms with Crippen LogP contribution in [-0.4, -0.2) is 0 Å². The minimum atomic E-state index is 0.685. The van der Waals surface area contributed by atoms with Gasteiger partial charge in [-0.2, -0.15) is 0 Å². The van der Waals surface area contributed by atoms with E-state index in [-0.39, 0.29) is 0 Å². The lowest BCUT2D eigenvalue weighted by molar-refractivity contribution is 1.56. The second-order valence-corrected chi connectivity index (χ2v) is 1.12. The smallest absolute Gasteiger partial charge is 0.287 e. The third-order valence-corrected chi connectivity index (χ3v) is 0.715. The van der Waals surface area contributed by atoms with Crippen molar-refractivity contribution in [1.29, 1.82) is 0 Å². The molecule has 0 heterocycles. The van der Waals surface area contributed by atoms with Gasteiger partial charge in [-0.1, -0.05) is 0 Å². The quantitative estimate of drug-likeness (QED) is 0.415. The SMILES string of the molecule is C#[N+]/C(C)=C\[S-]. The van der Waals surface area contributed by atoms with Crippen LogP contribution in [0.4, 0.5) is 0 Å². The van der Waals surface area contributed by atoms with Crippen molar-refractivity contribution in [3.63, 3.8) is 0 Å². The Kier molecular flexibility index (Phi) is 2.43. The number of hydrogen-bond acceptors (Lipinski definition) is 1. The predicted octanol–water partition coefficient (Wildman–Crippen LogP) is 1.36. The summed E-state index contributed by atoms with van der Waals surface area (Å²) in [6, 6.07) is 0. The highest BCUT2D eigenvalue weighted by atomic mass is 32.1. The van der Waals surface area contributed by atoms with E-state index in [0.29, 0.717) is 5.70 Å². The van der Waals surface area contributed by atoms with Gasteiger partial charge in [0.05, 0.1) is 0 Å². The van der Waals surface area contributed by atoms with E-state index in [4.69, 9.17) is 6.57 Å². The predicted molar refractivity (Wildman–Crippen MR) is 29.4 cm³/mol. The molecule has 0 N–H and O–H groups in total. The molecule has 0 aliphatic heterocycles. The van der Waals surface area contributed by atoms with E-state index in [1.807, 2.05) is 0 Å². The van der Waals surface area contributed by atoms with Crippen LogP contribution < -0.4 is 0 Å². The van der Waals surface area contributed by atoms with E-state index in [0.717, 1.165) is 0 Å². The zero-order valence-corrected chi connectivity index (χ0v) is 4.33. The lowest BCUT2D eigenvalue weighted by Gasteiger charge is -1.75. The molecule has 0 radical (unpaired) electrons. The number of nitrogens with zero attached hydrogens (tertiary/aromatic N) is 1. The zero-order valence-electron chi connectivity index (χ0n) is 3.51. The van der Waals surface area contributed by atoms with Crippen LogP contribution in [0, 0.1) is 6.57 Å². The van der Waals surface area contributed by atoms with Gasteiger partial charge in [0.15, 0.2) is 0 Å². The fourth-order valence-corrected chi connectivity index (χ4v) is 0.0913. The normalized spacial score (nSPS) is 10.3. The van der Waals surface area contributed by atoms with Crippen LogP contribution in [-0.2, 0) is 12.6 Å². The van der Waals surface area contributed by atoms with Gasteiger partial charge >= 0.3 is 0 Å². The summed E-state index contributed by atoms with van der Waals surface area (Å²) in [5, 5.41) is 1.43. The van der Waals surface area contributed by atoms with Crippen LogP contribution in [0.1, 0.15) is 6.92 Å². The van der Waals surface area contributed by atoms with Gasteiger partial charge in [0, 0.05) is 6.92 Å². The van der Waals surface area contributed by atoms with Gasteiger partial charge in [-0.05, 0) is 4.85 Å². The van der Waals surface area contributed by atoms with Gasteiger partial charge in [-0.15, -0.1) is 5.41 Å². The molecule has 0 aliphatic rings. The molecular formula is C4H5NS. The van der Waals surface area contributed by atoms with E-state index in [1.165, 1.54) is 5.41 Å². The molecule has 0 atom stereocenters. The molecule has 0 aromatic rings. The molecule has 0 fully saturated rings. The molecule has 0 amide bonds. The Morgan fingerprint density at radius 2 is 2.50 bits per heavy atom. The summed E-state index contributed by atoms with van der Waals surface area (Å²) in [4.78, 5) is 3.26. The fraction of sp³-hybridized carbons (Fsp3) is 0.250. The Morgan fingerprint density at radius 3 is 2.50 bits per heavy atom. The van der Waals surface area contributed by atoms with Crippen molar-refractivity contribution >= 4 is 12.6 Å². The van der Waals surface area contributed by atoms with Crippen molar-refractivity contribution in [1.82, 2.24) is 0 Å². The summed E-state index contributed by atoms with van der Waals surface area (Å²) in [7, 11) is 0. The maximum atomic E-state index is 4.77. The molecule has 0 aliphatic carbocycles. The van der Waals surface area contributed by atoms with Gasteiger partial charge < -0.3 is 12.6 Å². The monoisotopic (exact) mass is 99.0 g/mol. The lowest BCUT2D eigenvalue weighted by atomic mass is 10.6. The Bertz CT molecular complexity index is 98.6. The molecule has 2 heteroatoms. The number of allylic oxidation sites excluding steroid dienone is 1. The van der Waals surface area contributed by atoms with Gasteiger partial charge in [-0.3, -0.25) is 0 Å². The topological polar surface area (TPSA) is 4.36 Å². The molecule has 1 nitrogen and oxygen atoms in total. The first-order chi connectivity index (χ1) is 2.81. The van der Waals surface area contributed by atoms with Crippen LogP contribution in [0.25, 0.3) is 4.85 Å². The highest BCUT2D eigenvalue weighted by Crippen LogP contribution is 1.87. The van der Waals surface area contributed by atoms with Crippen molar-refractivity contribution in [2.45, 2.75) is 6.92 Å². The summed E-state index contributed by atoms with van der Waals surface area (Å²) in [6.07, 6.45) is 0. The van der Waals surface area contributed by atoms with E-state index in [1.54, 1.807) is 6.92 Å². The van der Waals surface area contributed by atoms with E-state index in [9.17, 15) is 0 Å². The average molecular weight is 99.2 g/mol. The molecule has 32 valence electrons. The zero-order chi connectivity index (χ0) is 4.99. The standard InChI is InChI=1S/C4H5NS/c1-4(3-6)5-2/h2-3H,1H3/b4-3-. The summed E-state index contributed by atoms with van der Waals surface area (Å²) < 4.78 is 0. The van der Waals surface area contributed by atoms with Crippen molar-refractivity contribution in [3.8, 4) is 6.57 Å². The van der Waals surface area contributed by atoms with Gasteiger partial charge in [0.25, 0.3) is 12.3 Å². The van der Waals surface area contributed by atoms with Crippen LogP contribution in [0.2, 0.25) is 0 Å². The van der Waals surface area contributed by atoms with Crippen molar-refractivity contribution in [2.24, 2.45) is 0 Å². The first kappa shape index (κ1) is 5.45. The Balaban J connectivity index is 3.61. The van der Waals surface area contributed by atoms with Gasteiger partial charge in [0.2, 0.25) is 0 Å². The highest BCUT2D eigenvalue weighted by Gasteiger charge is 1.80. The molecule has 0 spiro atoms. The number of rotatable bonds is 0. The summed E-state index contributed by atoms with van der Waals surface area (Å²) in [5.41, 5.74) is 0.685. The van der Waals surface area contributed by atoms with E-state index >= 15 is 0 Å². The van der Waals surface area contributed by atoms with Crippen LogP contribution in [0.15, 0.2) is 11.1 Å². The Labute approximate surface area is 42.9 Å². The first-order valence-corrected chi connectivity index (χ1v) is 1.98. The third-order valence-electron chi connectivity index (χ3n) is 0.374. The molecule has 0 rings (SSSR count). The van der Waals surface area contributed by atoms with Crippen LogP contribution >= 0.6 is 0 Å². The van der Waals surface area contributed by atoms with Crippen LogP contribution in [0.3, 0.4) is 0 Å². The minimum Gasteiger partial charge on any atom is -0.780 e. The molecule has 0 bridgehead atoms. The average Bonchev–Trinajstić information content (AvgIpc) is 1.65. The van der Waals surface area contributed by atoms with E-state index < -0.39 is 0 Å². The summed E-state index contributed by atoms with van der Waals surface area (Å²) in [5.74, 6) is 0. The van der Waals surface area contributed by atoms with Gasteiger partial charge in [0.1, 0.15) is 0 Å². The minimum absolute atomic E-state index is 0.685. The maximum Gasteiger partial charge on any atom is 0.287 e. The molecule has 0 saturated carbocycles. The molecule has 6 heavy (non-hydrogen) atoms. The molecular weight excluding hydrogens is 94.1 g/mol. The molecule has 0 aromatic carbocycles. The van der Waals surface area contributed by atoms with Crippen molar-refractivity contribution < 1.29 is 0 Å². The largest absolute Gasteiger partial charge is 0.780 e. The lowest BCUT2D eigenvalue weighted by Crippen LogP contribution is -1.54. The second-order valence-electron chi connectivity index (χ2n) is 0.888. The third kappa shape index (κ3) is 1.74. The maximum absolute atomic E-state index is 4.77. The van der Waals surface area contributed by atoms with Crippen LogP contribution in [0.5, 0.6) is 0 Å². The second kappa shape index (κ2) is 2.67. The summed E-state index contributed by atoms with van der Waals surface area (Å²) >= 11 is 4.44. The van der Waals surface area contributed by atoms with Crippen molar-refractivity contribution in [3.05, 3.63) is 16.0 Å². The Morgan fingerprint density at radius 1 is 2.00 bits per heavy atom. The molecule has 0 aromatic heterocycles. The molecule has 0 saturated heterocycles. The first-order valence-electron chi connectivity index (χ1n) is 1.51. The van der Waals surface area contributed by atoms with Gasteiger partial charge in [-0.25, -0.2) is 0 Å².